The first kappa shape index (κ1) is 17.5. The summed E-state index contributed by atoms with van der Waals surface area (Å²) < 4.78 is 21.0. The lowest BCUT2D eigenvalue weighted by atomic mass is 10.0. The van der Waals surface area contributed by atoms with Crippen LogP contribution >= 0.6 is 0 Å². The van der Waals surface area contributed by atoms with Crippen LogP contribution in [0.3, 0.4) is 0 Å². The van der Waals surface area contributed by atoms with Gasteiger partial charge < -0.3 is 14.2 Å². The number of fused-ring (bicyclic) bond motifs is 1. The Hall–Kier alpha value is -2.89. The second-order valence-electron chi connectivity index (χ2n) is 6.89. The molecule has 6 heteroatoms. The average Bonchev–Trinajstić information content (AvgIpc) is 3.02. The Morgan fingerprint density at radius 3 is 2.67 bits per heavy atom. The maximum absolute atomic E-state index is 13.5. The van der Waals surface area contributed by atoms with Crippen LogP contribution in [0.2, 0.25) is 0 Å². The molecule has 1 saturated heterocycles. The Labute approximate surface area is 157 Å². The fraction of sp³-hybridized carbons (Fsp3) is 0.333. The molecule has 2 aromatic carbocycles. The summed E-state index contributed by atoms with van der Waals surface area (Å²) in [4.78, 5) is 19.3. The van der Waals surface area contributed by atoms with Crippen molar-refractivity contribution in [3.05, 3.63) is 59.7 Å². The molecular formula is C21H22FN3O2. The van der Waals surface area contributed by atoms with Gasteiger partial charge in [-0.15, -0.1) is 0 Å². The quantitative estimate of drug-likeness (QED) is 0.704. The van der Waals surface area contributed by atoms with Crippen molar-refractivity contribution < 1.29 is 13.9 Å². The third-order valence-electron chi connectivity index (χ3n) is 5.28. The Bertz CT molecular complexity index is 990. The molecule has 0 aliphatic carbocycles. The second kappa shape index (κ2) is 7.02. The molecule has 0 bridgehead atoms. The van der Waals surface area contributed by atoms with Crippen LogP contribution in [0, 0.1) is 12.7 Å². The molecule has 0 atom stereocenters. The highest BCUT2D eigenvalue weighted by atomic mass is 19.1. The van der Waals surface area contributed by atoms with E-state index in [0.29, 0.717) is 29.9 Å². The number of hydrogen-bond acceptors (Lipinski definition) is 3. The molecule has 1 amide bonds. The number of piperidine rings is 1. The molecule has 1 aliphatic rings. The summed E-state index contributed by atoms with van der Waals surface area (Å²) in [6.07, 6.45) is 1.68. The van der Waals surface area contributed by atoms with Gasteiger partial charge in [-0.25, -0.2) is 9.37 Å². The number of aryl methyl sites for hydroxylation is 1. The number of rotatable bonds is 3. The van der Waals surface area contributed by atoms with Gasteiger partial charge in [0, 0.05) is 25.2 Å². The van der Waals surface area contributed by atoms with E-state index in [-0.39, 0.29) is 17.8 Å². The fourth-order valence-corrected chi connectivity index (χ4v) is 3.97. The number of ether oxygens (including phenoxy) is 1. The minimum atomic E-state index is -0.274. The van der Waals surface area contributed by atoms with Gasteiger partial charge in [0.15, 0.2) is 0 Å². The third kappa shape index (κ3) is 3.16. The summed E-state index contributed by atoms with van der Waals surface area (Å²) >= 11 is 0. The molecule has 3 aromatic rings. The highest BCUT2D eigenvalue weighted by molar-refractivity contribution is 5.97. The maximum atomic E-state index is 13.5. The molecule has 27 heavy (non-hydrogen) atoms. The predicted molar refractivity (Wildman–Crippen MR) is 102 cm³/mol. The molecule has 0 saturated carbocycles. The zero-order valence-corrected chi connectivity index (χ0v) is 15.5. The summed E-state index contributed by atoms with van der Waals surface area (Å²) in [6, 6.07) is 12.3. The Balaban J connectivity index is 1.53. The van der Waals surface area contributed by atoms with Crippen molar-refractivity contribution in [1.82, 2.24) is 14.5 Å². The van der Waals surface area contributed by atoms with Gasteiger partial charge in [-0.3, -0.25) is 4.79 Å². The lowest BCUT2D eigenvalue weighted by molar-refractivity contribution is 0.0692. The Morgan fingerprint density at radius 1 is 1.19 bits per heavy atom. The van der Waals surface area contributed by atoms with E-state index in [2.05, 4.69) is 9.55 Å². The van der Waals surface area contributed by atoms with Crippen LogP contribution in [-0.2, 0) is 0 Å². The van der Waals surface area contributed by atoms with E-state index in [4.69, 9.17) is 4.74 Å². The first-order valence-electron chi connectivity index (χ1n) is 9.15. The number of carbonyl (C=O) groups excluding carboxylic acids is 1. The van der Waals surface area contributed by atoms with Crippen molar-refractivity contribution in [3.8, 4) is 5.75 Å². The van der Waals surface area contributed by atoms with Gasteiger partial charge in [-0.2, -0.15) is 0 Å². The smallest absolute Gasteiger partial charge is 0.257 e. The molecule has 0 unspecified atom stereocenters. The van der Waals surface area contributed by atoms with Crippen LogP contribution in [0.5, 0.6) is 5.75 Å². The van der Waals surface area contributed by atoms with Gasteiger partial charge in [0.25, 0.3) is 5.91 Å². The number of methoxy groups -OCH3 is 1. The minimum Gasteiger partial charge on any atom is -0.496 e. The molecule has 140 valence electrons. The van der Waals surface area contributed by atoms with Gasteiger partial charge in [-0.05, 0) is 44.0 Å². The number of amides is 1. The standard InChI is InChI=1S/C21H22FN3O2/c1-14-23-18-13-15(22)7-8-19(18)25(14)16-9-11-24(12-10-16)21(26)17-5-3-4-6-20(17)27-2/h3-8,13,16H,9-12H2,1-2H3. The molecule has 2 heterocycles. The predicted octanol–water partition coefficient (Wildman–Crippen LogP) is 3.97. The fourth-order valence-electron chi connectivity index (χ4n) is 3.97. The van der Waals surface area contributed by atoms with Crippen molar-refractivity contribution in [2.24, 2.45) is 0 Å². The van der Waals surface area contributed by atoms with E-state index >= 15 is 0 Å². The van der Waals surface area contributed by atoms with Crippen LogP contribution in [0.1, 0.15) is 35.1 Å². The molecule has 1 aromatic heterocycles. The molecule has 1 fully saturated rings. The van der Waals surface area contributed by atoms with E-state index in [0.717, 1.165) is 24.2 Å². The number of nitrogens with zero attached hydrogens (tertiary/aromatic N) is 3. The highest BCUT2D eigenvalue weighted by Crippen LogP contribution is 2.30. The van der Waals surface area contributed by atoms with E-state index in [1.54, 1.807) is 25.3 Å². The SMILES string of the molecule is COc1ccccc1C(=O)N1CCC(n2c(C)nc3cc(F)ccc32)CC1. The van der Waals surface area contributed by atoms with Crippen LogP contribution in [0.25, 0.3) is 11.0 Å². The van der Waals surface area contributed by atoms with Crippen molar-refractivity contribution in [2.75, 3.05) is 20.2 Å². The largest absolute Gasteiger partial charge is 0.496 e. The van der Waals surface area contributed by atoms with Crippen molar-refractivity contribution in [3.63, 3.8) is 0 Å². The van der Waals surface area contributed by atoms with E-state index < -0.39 is 0 Å². The molecule has 0 radical (unpaired) electrons. The number of likely N-dealkylation sites (tertiary alicyclic amines) is 1. The summed E-state index contributed by atoms with van der Waals surface area (Å²) in [6.45, 7) is 3.29. The van der Waals surface area contributed by atoms with Crippen LogP contribution in [-0.4, -0.2) is 40.6 Å². The summed E-state index contributed by atoms with van der Waals surface area (Å²) in [5, 5.41) is 0. The molecule has 5 nitrogen and oxygen atoms in total. The number of hydrogen-bond donors (Lipinski definition) is 0. The van der Waals surface area contributed by atoms with Crippen LogP contribution in [0.15, 0.2) is 42.5 Å². The molecule has 0 N–H and O–H groups in total. The Morgan fingerprint density at radius 2 is 1.93 bits per heavy atom. The molecule has 1 aliphatic heterocycles. The summed E-state index contributed by atoms with van der Waals surface area (Å²) in [7, 11) is 1.58. The second-order valence-corrected chi connectivity index (χ2v) is 6.89. The van der Waals surface area contributed by atoms with Crippen molar-refractivity contribution in [1.29, 1.82) is 0 Å². The van der Waals surface area contributed by atoms with Gasteiger partial charge in [0.1, 0.15) is 17.4 Å². The topological polar surface area (TPSA) is 47.4 Å². The van der Waals surface area contributed by atoms with Crippen molar-refractivity contribution in [2.45, 2.75) is 25.8 Å². The first-order valence-corrected chi connectivity index (χ1v) is 9.15. The Kier molecular flexibility index (Phi) is 4.56. The van der Waals surface area contributed by atoms with E-state index in [9.17, 15) is 9.18 Å². The van der Waals surface area contributed by atoms with Gasteiger partial charge in [0.2, 0.25) is 0 Å². The van der Waals surface area contributed by atoms with E-state index in [1.165, 1.54) is 12.1 Å². The van der Waals surface area contributed by atoms with Crippen LogP contribution in [0.4, 0.5) is 4.39 Å². The van der Waals surface area contributed by atoms with Gasteiger partial charge in [-0.1, -0.05) is 12.1 Å². The number of carbonyl (C=O) groups is 1. The third-order valence-corrected chi connectivity index (χ3v) is 5.28. The normalized spacial score (nSPS) is 15.3. The number of aromatic nitrogens is 2. The number of halogens is 1. The monoisotopic (exact) mass is 367 g/mol. The summed E-state index contributed by atoms with van der Waals surface area (Å²) in [5.74, 6) is 1.21. The lowest BCUT2D eigenvalue weighted by Crippen LogP contribution is -2.39. The lowest BCUT2D eigenvalue weighted by Gasteiger charge is -2.33. The maximum Gasteiger partial charge on any atom is 0.257 e. The number of benzene rings is 2. The zero-order chi connectivity index (χ0) is 19.0. The molecule has 0 spiro atoms. The minimum absolute atomic E-state index is 0.000169. The zero-order valence-electron chi connectivity index (χ0n) is 15.5. The number of para-hydroxylation sites is 1. The highest BCUT2D eigenvalue weighted by Gasteiger charge is 2.27. The van der Waals surface area contributed by atoms with Gasteiger partial charge >= 0.3 is 0 Å². The molecule has 4 rings (SSSR count). The van der Waals surface area contributed by atoms with Crippen LogP contribution < -0.4 is 4.74 Å². The van der Waals surface area contributed by atoms with Gasteiger partial charge in [0.05, 0.1) is 23.7 Å². The van der Waals surface area contributed by atoms with Crippen molar-refractivity contribution >= 4 is 16.9 Å². The number of imidazole rings is 1. The molecular weight excluding hydrogens is 345 g/mol. The van der Waals surface area contributed by atoms with E-state index in [1.807, 2.05) is 24.0 Å². The summed E-state index contributed by atoms with van der Waals surface area (Å²) in [5.41, 5.74) is 2.22. The first-order chi connectivity index (χ1) is 13.1. The average molecular weight is 367 g/mol.